The minimum Gasteiger partial charge on any atom is -0.462 e. The zero-order chi connectivity index (χ0) is 14.6. The van der Waals surface area contributed by atoms with E-state index >= 15 is 0 Å². The standard InChI is InChI=1S/C16H23NO2S/c1-4-19-15(18)12-5-7-13(8-6-12)17-14-9-16(2,3)11-20-10-14/h5-8,14,17H,4,9-11H2,1-3H3. The third-order valence-electron chi connectivity index (χ3n) is 3.38. The predicted molar refractivity (Wildman–Crippen MR) is 85.5 cm³/mol. The molecule has 0 saturated carbocycles. The fourth-order valence-electron chi connectivity index (χ4n) is 2.51. The molecule has 1 fully saturated rings. The predicted octanol–water partition coefficient (Wildman–Crippen LogP) is 3.81. The maximum absolute atomic E-state index is 11.6. The van der Waals surface area contributed by atoms with E-state index in [0.717, 1.165) is 11.4 Å². The average molecular weight is 293 g/mol. The Morgan fingerprint density at radius 2 is 2.10 bits per heavy atom. The summed E-state index contributed by atoms with van der Waals surface area (Å²) in [5.74, 6) is 2.11. The Bertz CT molecular complexity index is 456. The molecule has 0 radical (unpaired) electrons. The maximum Gasteiger partial charge on any atom is 0.338 e. The number of ether oxygens (including phenoxy) is 1. The zero-order valence-corrected chi connectivity index (χ0v) is 13.3. The first-order chi connectivity index (χ1) is 9.50. The fraction of sp³-hybridized carbons (Fsp3) is 0.562. The summed E-state index contributed by atoms with van der Waals surface area (Å²) < 4.78 is 4.98. The Labute approximate surface area is 125 Å². The zero-order valence-electron chi connectivity index (χ0n) is 12.4. The van der Waals surface area contributed by atoms with Crippen LogP contribution in [0.3, 0.4) is 0 Å². The van der Waals surface area contributed by atoms with E-state index in [1.807, 2.05) is 43.0 Å². The van der Waals surface area contributed by atoms with Crippen LogP contribution in [0, 0.1) is 5.41 Å². The highest BCUT2D eigenvalue weighted by Gasteiger charge is 2.28. The van der Waals surface area contributed by atoms with Gasteiger partial charge in [0.2, 0.25) is 0 Å². The lowest BCUT2D eigenvalue weighted by atomic mass is 9.88. The van der Waals surface area contributed by atoms with Gasteiger partial charge in [0.1, 0.15) is 0 Å². The van der Waals surface area contributed by atoms with Crippen molar-refractivity contribution in [1.82, 2.24) is 0 Å². The molecule has 1 saturated heterocycles. The summed E-state index contributed by atoms with van der Waals surface area (Å²) in [6.07, 6.45) is 1.18. The highest BCUT2D eigenvalue weighted by atomic mass is 32.2. The molecule has 2 rings (SSSR count). The van der Waals surface area contributed by atoms with Crippen LogP contribution in [0.2, 0.25) is 0 Å². The number of benzene rings is 1. The molecule has 1 aliphatic rings. The fourth-order valence-corrected chi connectivity index (χ4v) is 3.78. The van der Waals surface area contributed by atoms with Crippen molar-refractivity contribution < 1.29 is 9.53 Å². The average Bonchev–Trinajstić information content (AvgIpc) is 2.38. The summed E-state index contributed by atoms with van der Waals surface area (Å²) in [6, 6.07) is 8.05. The molecule has 1 aromatic rings. The molecule has 1 unspecified atom stereocenters. The van der Waals surface area contributed by atoms with Crippen LogP contribution in [-0.4, -0.2) is 30.1 Å². The third kappa shape index (κ3) is 4.17. The van der Waals surface area contributed by atoms with E-state index in [0.29, 0.717) is 23.6 Å². The van der Waals surface area contributed by atoms with Gasteiger partial charge in [0.05, 0.1) is 12.2 Å². The number of rotatable bonds is 4. The smallest absolute Gasteiger partial charge is 0.338 e. The van der Waals surface area contributed by atoms with Crippen molar-refractivity contribution in [2.24, 2.45) is 5.41 Å². The molecule has 1 aromatic carbocycles. The van der Waals surface area contributed by atoms with E-state index in [1.54, 1.807) is 0 Å². The monoisotopic (exact) mass is 293 g/mol. The molecule has 4 heteroatoms. The lowest BCUT2D eigenvalue weighted by Crippen LogP contribution is -2.35. The SMILES string of the molecule is CCOC(=O)c1ccc(NC2CSCC(C)(C)C2)cc1. The van der Waals surface area contributed by atoms with Crippen molar-refractivity contribution in [1.29, 1.82) is 0 Å². The van der Waals surface area contributed by atoms with Gasteiger partial charge < -0.3 is 10.1 Å². The van der Waals surface area contributed by atoms with Gasteiger partial charge in [-0.3, -0.25) is 0 Å². The molecule has 1 atom stereocenters. The Balaban J connectivity index is 1.95. The van der Waals surface area contributed by atoms with Crippen molar-refractivity contribution in [3.63, 3.8) is 0 Å². The second kappa shape index (κ2) is 6.53. The summed E-state index contributed by atoms with van der Waals surface area (Å²) in [7, 11) is 0. The van der Waals surface area contributed by atoms with Crippen LogP contribution >= 0.6 is 11.8 Å². The molecule has 0 spiro atoms. The van der Waals surface area contributed by atoms with Gasteiger partial charge in [-0.25, -0.2) is 4.79 Å². The number of thioether (sulfide) groups is 1. The summed E-state index contributed by atoms with van der Waals surface area (Å²) in [5.41, 5.74) is 2.07. The Morgan fingerprint density at radius 1 is 1.40 bits per heavy atom. The summed E-state index contributed by atoms with van der Waals surface area (Å²) in [5, 5.41) is 3.56. The Morgan fingerprint density at radius 3 is 2.70 bits per heavy atom. The van der Waals surface area contributed by atoms with E-state index in [-0.39, 0.29) is 5.97 Å². The Kier molecular flexibility index (Phi) is 4.97. The lowest BCUT2D eigenvalue weighted by Gasteiger charge is -2.35. The molecular weight excluding hydrogens is 270 g/mol. The van der Waals surface area contributed by atoms with Crippen molar-refractivity contribution in [2.75, 3.05) is 23.4 Å². The van der Waals surface area contributed by atoms with E-state index in [1.165, 1.54) is 12.2 Å². The second-order valence-electron chi connectivity index (χ2n) is 6.02. The number of carbonyl (C=O) groups is 1. The molecule has 1 aliphatic heterocycles. The highest BCUT2D eigenvalue weighted by molar-refractivity contribution is 7.99. The van der Waals surface area contributed by atoms with Crippen molar-refractivity contribution in [3.05, 3.63) is 29.8 Å². The summed E-state index contributed by atoms with van der Waals surface area (Å²) >= 11 is 2.01. The maximum atomic E-state index is 11.6. The topological polar surface area (TPSA) is 38.3 Å². The number of hydrogen-bond acceptors (Lipinski definition) is 4. The van der Waals surface area contributed by atoms with E-state index in [2.05, 4.69) is 19.2 Å². The van der Waals surface area contributed by atoms with E-state index in [4.69, 9.17) is 4.74 Å². The lowest BCUT2D eigenvalue weighted by molar-refractivity contribution is 0.0526. The molecule has 0 aliphatic carbocycles. The van der Waals surface area contributed by atoms with Gasteiger partial charge in [0, 0.05) is 17.5 Å². The highest BCUT2D eigenvalue weighted by Crippen LogP contribution is 2.34. The normalized spacial score (nSPS) is 21.2. The van der Waals surface area contributed by atoms with Crippen LogP contribution < -0.4 is 5.32 Å². The molecule has 0 aromatic heterocycles. The molecular formula is C16H23NO2S. The van der Waals surface area contributed by atoms with Crippen LogP contribution in [-0.2, 0) is 4.74 Å². The largest absolute Gasteiger partial charge is 0.462 e. The number of anilines is 1. The number of hydrogen-bond donors (Lipinski definition) is 1. The van der Waals surface area contributed by atoms with Crippen LogP contribution in [0.15, 0.2) is 24.3 Å². The van der Waals surface area contributed by atoms with Crippen LogP contribution in [0.5, 0.6) is 0 Å². The molecule has 0 bridgehead atoms. The van der Waals surface area contributed by atoms with E-state index in [9.17, 15) is 4.79 Å². The van der Waals surface area contributed by atoms with Crippen molar-refractivity contribution in [3.8, 4) is 0 Å². The van der Waals surface area contributed by atoms with Crippen molar-refractivity contribution in [2.45, 2.75) is 33.2 Å². The molecule has 0 amide bonds. The number of nitrogens with one attached hydrogen (secondary N) is 1. The van der Waals surface area contributed by atoms with Gasteiger partial charge in [0.25, 0.3) is 0 Å². The summed E-state index contributed by atoms with van der Waals surface area (Å²) in [6.45, 7) is 6.86. The van der Waals surface area contributed by atoms with Gasteiger partial charge >= 0.3 is 5.97 Å². The third-order valence-corrected chi connectivity index (χ3v) is 5.00. The van der Waals surface area contributed by atoms with Crippen LogP contribution in [0.1, 0.15) is 37.6 Å². The van der Waals surface area contributed by atoms with Crippen LogP contribution in [0.25, 0.3) is 0 Å². The first-order valence-corrected chi connectivity index (χ1v) is 8.27. The van der Waals surface area contributed by atoms with E-state index < -0.39 is 0 Å². The molecule has 1 heterocycles. The van der Waals surface area contributed by atoms with Gasteiger partial charge in [-0.05, 0) is 48.8 Å². The van der Waals surface area contributed by atoms with Crippen molar-refractivity contribution >= 4 is 23.4 Å². The molecule has 1 N–H and O–H groups in total. The molecule has 3 nitrogen and oxygen atoms in total. The molecule has 110 valence electrons. The minimum absolute atomic E-state index is 0.256. The van der Waals surface area contributed by atoms with Crippen LogP contribution in [0.4, 0.5) is 5.69 Å². The second-order valence-corrected chi connectivity index (χ2v) is 7.05. The Hall–Kier alpha value is -1.16. The summed E-state index contributed by atoms with van der Waals surface area (Å²) in [4.78, 5) is 11.6. The van der Waals surface area contributed by atoms with Gasteiger partial charge in [-0.15, -0.1) is 0 Å². The number of carbonyl (C=O) groups excluding carboxylic acids is 1. The first kappa shape index (κ1) is 15.2. The first-order valence-electron chi connectivity index (χ1n) is 7.12. The van der Waals surface area contributed by atoms with Gasteiger partial charge in [-0.1, -0.05) is 13.8 Å². The number of esters is 1. The van der Waals surface area contributed by atoms with Gasteiger partial charge in [-0.2, -0.15) is 11.8 Å². The van der Waals surface area contributed by atoms with Gasteiger partial charge in [0.15, 0.2) is 0 Å². The quantitative estimate of drug-likeness (QED) is 0.857. The molecule has 20 heavy (non-hydrogen) atoms. The minimum atomic E-state index is -0.256.